The highest BCUT2D eigenvalue weighted by atomic mass is 16.5. The number of hydrogen-bond acceptors (Lipinski definition) is 7. The lowest BCUT2D eigenvalue weighted by molar-refractivity contribution is -0.123. The molecule has 3 aromatic rings. The molecule has 0 unspecified atom stereocenters. The van der Waals surface area contributed by atoms with Crippen molar-refractivity contribution >= 4 is 17.8 Å². The Kier molecular flexibility index (Phi) is 10.6. The SMILES string of the molecule is COc1cc(CC(=O)NC(=N)N[C@H](Cc2ccccc2)C(=O)NCc2ccc(OC)c(OC)c2)cc(OC)c1. The molecule has 39 heavy (non-hydrogen) atoms. The van der Waals surface area contributed by atoms with Gasteiger partial charge in [-0.1, -0.05) is 36.4 Å². The fraction of sp³-hybridized carbons (Fsp3) is 0.276. The van der Waals surface area contributed by atoms with Gasteiger partial charge >= 0.3 is 0 Å². The number of amides is 2. The van der Waals surface area contributed by atoms with Gasteiger partial charge in [-0.3, -0.25) is 20.3 Å². The summed E-state index contributed by atoms with van der Waals surface area (Å²) in [6.45, 7) is 0.240. The Bertz CT molecular complexity index is 1260. The maximum Gasteiger partial charge on any atom is 0.243 e. The van der Waals surface area contributed by atoms with Crippen LogP contribution in [0.2, 0.25) is 0 Å². The molecule has 0 aliphatic carbocycles. The van der Waals surface area contributed by atoms with Crippen molar-refractivity contribution < 1.29 is 28.5 Å². The zero-order chi connectivity index (χ0) is 28.2. The van der Waals surface area contributed by atoms with Crippen molar-refractivity contribution in [1.29, 1.82) is 5.41 Å². The zero-order valence-electron chi connectivity index (χ0n) is 22.5. The molecule has 3 aromatic carbocycles. The highest BCUT2D eigenvalue weighted by Crippen LogP contribution is 2.27. The maximum absolute atomic E-state index is 13.2. The van der Waals surface area contributed by atoms with E-state index in [0.29, 0.717) is 35.0 Å². The fourth-order valence-electron chi connectivity index (χ4n) is 3.91. The fourth-order valence-corrected chi connectivity index (χ4v) is 3.91. The Morgan fingerprint density at radius 2 is 1.44 bits per heavy atom. The van der Waals surface area contributed by atoms with Gasteiger partial charge in [0.15, 0.2) is 17.5 Å². The number of guanidine groups is 1. The van der Waals surface area contributed by atoms with Crippen LogP contribution in [0.3, 0.4) is 0 Å². The Balaban J connectivity index is 1.66. The maximum atomic E-state index is 13.2. The van der Waals surface area contributed by atoms with Crippen molar-refractivity contribution in [1.82, 2.24) is 16.0 Å². The lowest BCUT2D eigenvalue weighted by Gasteiger charge is -2.20. The van der Waals surface area contributed by atoms with Gasteiger partial charge in [0.05, 0.1) is 34.9 Å². The number of methoxy groups -OCH3 is 4. The molecular formula is C29H34N4O6. The first-order valence-electron chi connectivity index (χ1n) is 12.2. The topological polar surface area (TPSA) is 131 Å². The van der Waals surface area contributed by atoms with Gasteiger partial charge in [-0.05, 0) is 41.0 Å². The molecule has 206 valence electrons. The van der Waals surface area contributed by atoms with Gasteiger partial charge in [-0.25, -0.2) is 0 Å². The van der Waals surface area contributed by atoms with E-state index in [1.807, 2.05) is 36.4 Å². The van der Waals surface area contributed by atoms with E-state index < -0.39 is 11.9 Å². The van der Waals surface area contributed by atoms with E-state index in [1.165, 1.54) is 14.2 Å². The summed E-state index contributed by atoms with van der Waals surface area (Å²) < 4.78 is 21.1. The summed E-state index contributed by atoms with van der Waals surface area (Å²) in [6, 6.07) is 19.2. The van der Waals surface area contributed by atoms with Crippen molar-refractivity contribution in [3.63, 3.8) is 0 Å². The van der Waals surface area contributed by atoms with Crippen LogP contribution < -0.4 is 34.9 Å². The van der Waals surface area contributed by atoms with E-state index in [9.17, 15) is 9.59 Å². The minimum atomic E-state index is -0.808. The lowest BCUT2D eigenvalue weighted by atomic mass is 10.1. The first-order valence-corrected chi connectivity index (χ1v) is 12.2. The average molecular weight is 535 g/mol. The largest absolute Gasteiger partial charge is 0.497 e. The molecule has 0 heterocycles. The molecule has 0 aliphatic rings. The van der Waals surface area contributed by atoms with Crippen molar-refractivity contribution in [2.45, 2.75) is 25.4 Å². The number of hydrogen-bond donors (Lipinski definition) is 4. The van der Waals surface area contributed by atoms with Crippen LogP contribution in [0.25, 0.3) is 0 Å². The van der Waals surface area contributed by atoms with Crippen LogP contribution in [0.15, 0.2) is 66.7 Å². The summed E-state index contributed by atoms with van der Waals surface area (Å²) >= 11 is 0. The monoisotopic (exact) mass is 534 g/mol. The number of ether oxygens (including phenoxy) is 4. The molecule has 3 rings (SSSR count). The standard InChI is InChI=1S/C29H34N4O6/c1-36-22-12-21(13-23(17-22)37-2)16-27(34)33-29(30)32-24(14-19-8-6-5-7-9-19)28(35)31-18-20-10-11-25(38-3)26(15-20)39-4/h5-13,15,17,24H,14,16,18H2,1-4H3,(H,31,35)(H3,30,32,33,34)/t24-/m1/s1. The summed E-state index contributed by atoms with van der Waals surface area (Å²) in [5.74, 6) is 1.22. The molecule has 1 atom stereocenters. The molecule has 0 saturated heterocycles. The second-order valence-electron chi connectivity index (χ2n) is 8.61. The zero-order valence-corrected chi connectivity index (χ0v) is 22.5. The van der Waals surface area contributed by atoms with Crippen LogP contribution in [0.5, 0.6) is 23.0 Å². The Labute approximate surface area is 228 Å². The van der Waals surface area contributed by atoms with Gasteiger partial charge in [0.1, 0.15) is 17.5 Å². The Morgan fingerprint density at radius 1 is 0.769 bits per heavy atom. The smallest absolute Gasteiger partial charge is 0.243 e. The molecule has 10 nitrogen and oxygen atoms in total. The lowest BCUT2D eigenvalue weighted by Crippen LogP contribution is -2.52. The van der Waals surface area contributed by atoms with Crippen molar-refractivity contribution in [2.75, 3.05) is 28.4 Å². The number of rotatable bonds is 12. The van der Waals surface area contributed by atoms with Crippen LogP contribution in [-0.4, -0.2) is 52.3 Å². The number of carbonyl (C=O) groups excluding carboxylic acids is 2. The first-order chi connectivity index (χ1) is 18.8. The van der Waals surface area contributed by atoms with E-state index in [-0.39, 0.29) is 24.8 Å². The minimum absolute atomic E-state index is 0.00747. The molecule has 0 spiro atoms. The third-order valence-corrected chi connectivity index (χ3v) is 5.87. The number of nitrogens with one attached hydrogen (secondary N) is 4. The van der Waals surface area contributed by atoms with Gasteiger partial charge in [0.25, 0.3) is 0 Å². The van der Waals surface area contributed by atoms with E-state index in [2.05, 4.69) is 16.0 Å². The molecule has 0 aliphatic heterocycles. The first kappa shape index (κ1) is 28.8. The Hall–Kier alpha value is -4.73. The second kappa shape index (κ2) is 14.3. The molecule has 2 amide bonds. The highest BCUT2D eigenvalue weighted by Gasteiger charge is 2.21. The van der Waals surface area contributed by atoms with Crippen LogP contribution in [0, 0.1) is 5.41 Å². The van der Waals surface area contributed by atoms with E-state index in [0.717, 1.165) is 11.1 Å². The van der Waals surface area contributed by atoms with Crippen LogP contribution in [0.1, 0.15) is 16.7 Å². The molecule has 0 aromatic heterocycles. The van der Waals surface area contributed by atoms with Gasteiger partial charge in [0.2, 0.25) is 11.8 Å². The van der Waals surface area contributed by atoms with E-state index in [4.69, 9.17) is 24.4 Å². The second-order valence-corrected chi connectivity index (χ2v) is 8.61. The van der Waals surface area contributed by atoms with E-state index >= 15 is 0 Å². The number of benzene rings is 3. The summed E-state index contributed by atoms with van der Waals surface area (Å²) in [5.41, 5.74) is 2.38. The summed E-state index contributed by atoms with van der Waals surface area (Å²) in [6.07, 6.45) is 0.302. The molecule has 10 heteroatoms. The summed E-state index contributed by atoms with van der Waals surface area (Å²) in [5, 5.41) is 16.6. The van der Waals surface area contributed by atoms with Crippen molar-refractivity contribution in [3.8, 4) is 23.0 Å². The Morgan fingerprint density at radius 3 is 2.05 bits per heavy atom. The summed E-state index contributed by atoms with van der Waals surface area (Å²) in [4.78, 5) is 25.8. The molecule has 4 N–H and O–H groups in total. The predicted molar refractivity (Wildman–Crippen MR) is 148 cm³/mol. The van der Waals surface area contributed by atoms with E-state index in [1.54, 1.807) is 44.6 Å². The third kappa shape index (κ3) is 8.67. The average Bonchev–Trinajstić information content (AvgIpc) is 2.95. The van der Waals surface area contributed by atoms with Crippen LogP contribution >= 0.6 is 0 Å². The normalized spacial score (nSPS) is 11.1. The number of carbonyl (C=O) groups is 2. The van der Waals surface area contributed by atoms with Gasteiger partial charge < -0.3 is 29.6 Å². The summed E-state index contributed by atoms with van der Waals surface area (Å²) in [7, 11) is 6.16. The van der Waals surface area contributed by atoms with Gasteiger partial charge in [-0.15, -0.1) is 0 Å². The third-order valence-electron chi connectivity index (χ3n) is 5.87. The molecular weight excluding hydrogens is 500 g/mol. The molecule has 0 radical (unpaired) electrons. The van der Waals surface area contributed by atoms with Gasteiger partial charge in [-0.2, -0.15) is 0 Å². The molecule has 0 saturated carbocycles. The molecule has 0 bridgehead atoms. The van der Waals surface area contributed by atoms with Crippen LogP contribution in [0.4, 0.5) is 0 Å². The van der Waals surface area contributed by atoms with Crippen molar-refractivity contribution in [2.24, 2.45) is 0 Å². The molecule has 0 fully saturated rings. The quantitative estimate of drug-likeness (QED) is 0.208. The highest BCUT2D eigenvalue weighted by molar-refractivity contribution is 5.98. The van der Waals surface area contributed by atoms with Crippen LogP contribution in [-0.2, 0) is 29.0 Å². The van der Waals surface area contributed by atoms with Crippen molar-refractivity contribution in [3.05, 3.63) is 83.4 Å². The van der Waals surface area contributed by atoms with Gasteiger partial charge in [0, 0.05) is 19.0 Å². The minimum Gasteiger partial charge on any atom is -0.497 e. The predicted octanol–water partition coefficient (Wildman–Crippen LogP) is 2.83.